The molecule has 1 amide bonds. The molecule has 20 heavy (non-hydrogen) atoms. The Bertz CT molecular complexity index is 524. The zero-order valence-electron chi connectivity index (χ0n) is 12.0. The molecule has 0 spiro atoms. The van der Waals surface area contributed by atoms with Gasteiger partial charge in [-0.05, 0) is 32.9 Å². The van der Waals surface area contributed by atoms with Crippen molar-refractivity contribution in [2.75, 3.05) is 13.7 Å². The maximum absolute atomic E-state index is 12.4. The molecule has 0 atom stereocenters. The highest BCUT2D eigenvalue weighted by molar-refractivity contribution is 5.99. The first-order valence-electron chi connectivity index (χ1n) is 6.18. The minimum Gasteiger partial charge on any atom is -0.507 e. The number of hydrogen-bond acceptors (Lipinski definition) is 4. The lowest BCUT2D eigenvalue weighted by Gasteiger charge is -2.34. The summed E-state index contributed by atoms with van der Waals surface area (Å²) in [6, 6.07) is 4.26. The summed E-state index contributed by atoms with van der Waals surface area (Å²) in [5, 5.41) is 19.1. The summed E-state index contributed by atoms with van der Waals surface area (Å²) in [6.07, 6.45) is 0. The van der Waals surface area contributed by atoms with E-state index in [1.165, 1.54) is 44.1 Å². The average molecular weight is 281 g/mol. The number of carboxylic acids is 1. The van der Waals surface area contributed by atoms with Crippen LogP contribution in [0.3, 0.4) is 0 Å². The molecule has 0 fully saturated rings. The topological polar surface area (TPSA) is 87.1 Å². The monoisotopic (exact) mass is 281 g/mol. The zero-order valence-corrected chi connectivity index (χ0v) is 12.0. The summed E-state index contributed by atoms with van der Waals surface area (Å²) in [6.45, 7) is 4.78. The predicted molar refractivity (Wildman–Crippen MR) is 73.1 cm³/mol. The maximum atomic E-state index is 12.4. The van der Waals surface area contributed by atoms with Gasteiger partial charge >= 0.3 is 5.97 Å². The quantitative estimate of drug-likeness (QED) is 0.858. The average Bonchev–Trinajstić information content (AvgIpc) is 2.38. The molecule has 0 saturated carbocycles. The predicted octanol–water partition coefficient (Wildman–Crippen LogP) is 1.73. The van der Waals surface area contributed by atoms with E-state index in [-0.39, 0.29) is 17.9 Å². The summed E-state index contributed by atoms with van der Waals surface area (Å²) >= 11 is 0. The van der Waals surface area contributed by atoms with Crippen LogP contribution in [0.15, 0.2) is 18.2 Å². The van der Waals surface area contributed by atoms with E-state index < -0.39 is 17.4 Å². The molecule has 0 aromatic heterocycles. The molecule has 6 nitrogen and oxygen atoms in total. The third kappa shape index (κ3) is 2.84. The number of likely N-dealkylation sites (N-methyl/N-ethyl adjacent to an activating group) is 1. The van der Waals surface area contributed by atoms with E-state index in [4.69, 9.17) is 4.74 Å². The molecular formula is C14H19NO5. The fourth-order valence-electron chi connectivity index (χ4n) is 1.87. The molecule has 0 bridgehead atoms. The number of hydrogen-bond donors (Lipinski definition) is 2. The summed E-state index contributed by atoms with van der Waals surface area (Å²) < 4.78 is 4.94. The Balaban J connectivity index is 3.19. The molecule has 1 aromatic carbocycles. The van der Waals surface area contributed by atoms with Gasteiger partial charge in [0.1, 0.15) is 17.0 Å². The Morgan fingerprint density at radius 1 is 1.35 bits per heavy atom. The van der Waals surface area contributed by atoms with Crippen molar-refractivity contribution >= 4 is 11.9 Å². The van der Waals surface area contributed by atoms with Gasteiger partial charge < -0.3 is 19.8 Å². The number of carboxylic acid groups (broad SMARTS) is 1. The number of phenolic OH excluding ortho intramolecular Hbond substituents is 1. The molecule has 110 valence electrons. The molecule has 0 aliphatic rings. The molecule has 2 N–H and O–H groups in total. The Morgan fingerprint density at radius 2 is 1.95 bits per heavy atom. The van der Waals surface area contributed by atoms with Gasteiger partial charge in [-0.3, -0.25) is 4.79 Å². The van der Waals surface area contributed by atoms with Crippen molar-refractivity contribution in [3.05, 3.63) is 23.8 Å². The van der Waals surface area contributed by atoms with E-state index in [1.807, 2.05) is 0 Å². The lowest BCUT2D eigenvalue weighted by atomic mass is 10.0. The Labute approximate surface area is 117 Å². The zero-order chi connectivity index (χ0) is 15.5. The van der Waals surface area contributed by atoms with Gasteiger partial charge in [-0.1, -0.05) is 0 Å². The van der Waals surface area contributed by atoms with E-state index in [1.54, 1.807) is 6.92 Å². The highest BCUT2D eigenvalue weighted by Gasteiger charge is 2.37. The molecule has 1 aromatic rings. The van der Waals surface area contributed by atoms with Gasteiger partial charge in [0.15, 0.2) is 0 Å². The van der Waals surface area contributed by atoms with Crippen molar-refractivity contribution in [3.63, 3.8) is 0 Å². The van der Waals surface area contributed by atoms with Crippen LogP contribution >= 0.6 is 0 Å². The standard InChI is InChI=1S/C14H19NO5/c1-5-15(14(2,3)13(18)19)12(17)10-7-6-9(20-4)8-11(10)16/h6-8,16H,5H2,1-4H3,(H,18,19). The number of phenols is 1. The van der Waals surface area contributed by atoms with Crippen LogP contribution in [-0.2, 0) is 4.79 Å². The van der Waals surface area contributed by atoms with Crippen LogP contribution < -0.4 is 4.74 Å². The molecule has 0 aliphatic carbocycles. The van der Waals surface area contributed by atoms with Crippen LogP contribution in [0.1, 0.15) is 31.1 Å². The SMILES string of the molecule is CCN(C(=O)c1ccc(OC)cc1O)C(C)(C)C(=O)O. The number of methoxy groups -OCH3 is 1. The van der Waals surface area contributed by atoms with Gasteiger partial charge in [0.25, 0.3) is 5.91 Å². The van der Waals surface area contributed by atoms with Crippen LogP contribution in [0.5, 0.6) is 11.5 Å². The second kappa shape index (κ2) is 5.81. The Morgan fingerprint density at radius 3 is 2.35 bits per heavy atom. The van der Waals surface area contributed by atoms with Crippen molar-refractivity contribution in [2.24, 2.45) is 0 Å². The van der Waals surface area contributed by atoms with Crippen LogP contribution in [-0.4, -0.2) is 46.2 Å². The van der Waals surface area contributed by atoms with Crippen molar-refractivity contribution < 1.29 is 24.5 Å². The van der Waals surface area contributed by atoms with E-state index in [9.17, 15) is 19.8 Å². The highest BCUT2D eigenvalue weighted by atomic mass is 16.5. The lowest BCUT2D eigenvalue weighted by Crippen LogP contribution is -2.52. The van der Waals surface area contributed by atoms with Gasteiger partial charge in [0, 0.05) is 12.6 Å². The highest BCUT2D eigenvalue weighted by Crippen LogP contribution is 2.27. The van der Waals surface area contributed by atoms with Crippen molar-refractivity contribution in [2.45, 2.75) is 26.3 Å². The number of amides is 1. The smallest absolute Gasteiger partial charge is 0.329 e. The van der Waals surface area contributed by atoms with Gasteiger partial charge in [0.05, 0.1) is 12.7 Å². The molecule has 0 radical (unpaired) electrons. The number of aliphatic carboxylic acids is 1. The molecule has 0 saturated heterocycles. The molecule has 0 aliphatic heterocycles. The van der Waals surface area contributed by atoms with E-state index in [0.29, 0.717) is 5.75 Å². The Hall–Kier alpha value is -2.24. The van der Waals surface area contributed by atoms with Crippen molar-refractivity contribution in [1.82, 2.24) is 4.90 Å². The number of benzene rings is 1. The van der Waals surface area contributed by atoms with Crippen LogP contribution in [0, 0.1) is 0 Å². The number of ether oxygens (including phenoxy) is 1. The number of carbonyl (C=O) groups is 2. The van der Waals surface area contributed by atoms with Gasteiger partial charge in [-0.15, -0.1) is 0 Å². The molecule has 6 heteroatoms. The summed E-state index contributed by atoms with van der Waals surface area (Å²) in [7, 11) is 1.45. The minimum atomic E-state index is -1.36. The fraction of sp³-hybridized carbons (Fsp3) is 0.429. The first-order chi connectivity index (χ1) is 9.25. The van der Waals surface area contributed by atoms with Crippen LogP contribution in [0.2, 0.25) is 0 Å². The largest absolute Gasteiger partial charge is 0.507 e. The number of carbonyl (C=O) groups excluding carboxylic acids is 1. The van der Waals surface area contributed by atoms with Crippen molar-refractivity contribution in [1.29, 1.82) is 0 Å². The molecule has 0 unspecified atom stereocenters. The van der Waals surface area contributed by atoms with E-state index in [0.717, 1.165) is 0 Å². The normalized spacial score (nSPS) is 11.0. The minimum absolute atomic E-state index is 0.0435. The third-order valence-electron chi connectivity index (χ3n) is 3.19. The summed E-state index contributed by atoms with van der Waals surface area (Å²) in [4.78, 5) is 24.9. The molecule has 1 rings (SSSR count). The number of aromatic hydroxyl groups is 1. The van der Waals surface area contributed by atoms with Crippen molar-refractivity contribution in [3.8, 4) is 11.5 Å². The maximum Gasteiger partial charge on any atom is 0.329 e. The second-order valence-corrected chi connectivity index (χ2v) is 4.80. The lowest BCUT2D eigenvalue weighted by molar-refractivity contribution is -0.147. The molecular weight excluding hydrogens is 262 g/mol. The van der Waals surface area contributed by atoms with Crippen LogP contribution in [0.25, 0.3) is 0 Å². The van der Waals surface area contributed by atoms with E-state index >= 15 is 0 Å². The van der Waals surface area contributed by atoms with Crippen LogP contribution in [0.4, 0.5) is 0 Å². The van der Waals surface area contributed by atoms with Gasteiger partial charge in [0.2, 0.25) is 0 Å². The number of rotatable bonds is 5. The fourth-order valence-corrected chi connectivity index (χ4v) is 1.87. The third-order valence-corrected chi connectivity index (χ3v) is 3.19. The van der Waals surface area contributed by atoms with E-state index in [2.05, 4.69) is 0 Å². The summed E-state index contributed by atoms with van der Waals surface area (Å²) in [5.41, 5.74) is -1.32. The molecule has 0 heterocycles. The van der Waals surface area contributed by atoms with Gasteiger partial charge in [-0.2, -0.15) is 0 Å². The second-order valence-electron chi connectivity index (χ2n) is 4.80. The van der Waals surface area contributed by atoms with Gasteiger partial charge in [-0.25, -0.2) is 4.79 Å². The first-order valence-corrected chi connectivity index (χ1v) is 6.18. The Kier molecular flexibility index (Phi) is 4.60. The summed E-state index contributed by atoms with van der Waals surface area (Å²) in [5.74, 6) is -1.48. The number of nitrogens with zero attached hydrogens (tertiary/aromatic N) is 1. The first kappa shape index (κ1) is 15.8.